The number of rotatable bonds is 5. The number of nitrogens with zero attached hydrogens (tertiary/aromatic N) is 3. The van der Waals surface area contributed by atoms with Crippen molar-refractivity contribution in [3.8, 4) is 0 Å². The number of hydrogen-bond acceptors (Lipinski definition) is 4. The van der Waals surface area contributed by atoms with E-state index in [1.54, 1.807) is 0 Å². The Morgan fingerprint density at radius 3 is 2.63 bits per heavy atom. The standard InChI is InChI=1S/C18H16BrF3N4O/c19-14-7-16-24-13(18(20,21)22)6-15(26(16)25-14)23-10-17(8-12(17)9-27)11-4-2-1-3-5-11/h1-7,12,23,27H,8-10H2/t12-,17+/m0/s1. The molecule has 0 spiro atoms. The zero-order valence-electron chi connectivity index (χ0n) is 14.0. The van der Waals surface area contributed by atoms with E-state index in [4.69, 9.17) is 0 Å². The number of hydrogen-bond donors (Lipinski definition) is 2. The summed E-state index contributed by atoms with van der Waals surface area (Å²) < 4.78 is 41.4. The maximum atomic E-state index is 13.2. The molecule has 5 nitrogen and oxygen atoms in total. The number of aromatic nitrogens is 3. The predicted octanol–water partition coefficient (Wildman–Crippen LogP) is 3.87. The van der Waals surface area contributed by atoms with Crippen LogP contribution >= 0.6 is 15.9 Å². The number of anilines is 1. The summed E-state index contributed by atoms with van der Waals surface area (Å²) in [5.41, 5.74) is -0.135. The third-order valence-electron chi connectivity index (χ3n) is 5.07. The van der Waals surface area contributed by atoms with Crippen molar-refractivity contribution in [2.24, 2.45) is 5.92 Å². The van der Waals surface area contributed by atoms with E-state index in [9.17, 15) is 18.3 Å². The average Bonchev–Trinajstić information content (AvgIpc) is 3.24. The Morgan fingerprint density at radius 2 is 2.00 bits per heavy atom. The Kier molecular flexibility index (Phi) is 4.38. The van der Waals surface area contributed by atoms with Gasteiger partial charge in [-0.1, -0.05) is 30.3 Å². The minimum Gasteiger partial charge on any atom is -0.396 e. The molecule has 27 heavy (non-hydrogen) atoms. The molecule has 0 radical (unpaired) electrons. The van der Waals surface area contributed by atoms with Crippen LogP contribution < -0.4 is 5.32 Å². The van der Waals surface area contributed by atoms with E-state index < -0.39 is 11.9 Å². The van der Waals surface area contributed by atoms with Crippen molar-refractivity contribution in [3.05, 3.63) is 58.3 Å². The predicted molar refractivity (Wildman–Crippen MR) is 97.5 cm³/mol. The van der Waals surface area contributed by atoms with Crippen LogP contribution in [0.2, 0.25) is 0 Å². The van der Waals surface area contributed by atoms with Gasteiger partial charge in [-0.2, -0.15) is 22.8 Å². The van der Waals surface area contributed by atoms with Gasteiger partial charge < -0.3 is 10.4 Å². The fourth-order valence-electron chi connectivity index (χ4n) is 3.53. The third kappa shape index (κ3) is 3.29. The number of benzene rings is 1. The first-order valence-corrected chi connectivity index (χ1v) is 9.16. The molecule has 1 aliphatic rings. The number of nitrogens with one attached hydrogen (secondary N) is 1. The molecule has 4 rings (SSSR count). The van der Waals surface area contributed by atoms with Gasteiger partial charge >= 0.3 is 6.18 Å². The maximum Gasteiger partial charge on any atom is 0.433 e. The van der Waals surface area contributed by atoms with Crippen molar-refractivity contribution in [1.82, 2.24) is 14.6 Å². The fourth-order valence-corrected chi connectivity index (χ4v) is 3.89. The van der Waals surface area contributed by atoms with Gasteiger partial charge in [0.15, 0.2) is 11.3 Å². The van der Waals surface area contributed by atoms with E-state index in [0.717, 1.165) is 18.1 Å². The minimum absolute atomic E-state index is 0.0312. The van der Waals surface area contributed by atoms with E-state index in [2.05, 4.69) is 31.3 Å². The summed E-state index contributed by atoms with van der Waals surface area (Å²) in [6.07, 6.45) is -3.79. The Labute approximate surface area is 161 Å². The SMILES string of the molecule is OC[C@@H]1C[C@@]1(CNc1cc(C(F)(F)F)nc2cc(Br)nn12)c1ccccc1. The summed E-state index contributed by atoms with van der Waals surface area (Å²) in [5, 5.41) is 16.9. The average molecular weight is 441 g/mol. The van der Waals surface area contributed by atoms with Crippen LogP contribution in [-0.4, -0.2) is 32.9 Å². The second-order valence-corrected chi connectivity index (χ2v) is 7.53. The summed E-state index contributed by atoms with van der Waals surface area (Å²) in [6.45, 7) is 0.416. The smallest absolute Gasteiger partial charge is 0.396 e. The Morgan fingerprint density at radius 1 is 1.26 bits per heavy atom. The van der Waals surface area contributed by atoms with E-state index in [1.165, 1.54) is 10.6 Å². The van der Waals surface area contributed by atoms with Gasteiger partial charge in [0.2, 0.25) is 0 Å². The van der Waals surface area contributed by atoms with Crippen molar-refractivity contribution in [1.29, 1.82) is 0 Å². The Balaban J connectivity index is 1.69. The van der Waals surface area contributed by atoms with Gasteiger partial charge in [0.25, 0.3) is 0 Å². The van der Waals surface area contributed by atoms with Crippen LogP contribution in [0.1, 0.15) is 17.7 Å². The molecule has 0 amide bonds. The molecule has 0 saturated heterocycles. The van der Waals surface area contributed by atoms with Crippen LogP contribution in [0, 0.1) is 5.92 Å². The van der Waals surface area contributed by atoms with Crippen LogP contribution in [0.15, 0.2) is 47.1 Å². The molecule has 0 bridgehead atoms. The fraction of sp³-hybridized carbons (Fsp3) is 0.333. The van der Waals surface area contributed by atoms with Crippen LogP contribution in [0.4, 0.5) is 19.0 Å². The lowest BCUT2D eigenvalue weighted by molar-refractivity contribution is -0.141. The molecule has 1 saturated carbocycles. The number of aliphatic hydroxyl groups is 1. The normalized spacial score (nSPS) is 22.2. The van der Waals surface area contributed by atoms with Crippen molar-refractivity contribution in [2.45, 2.75) is 18.0 Å². The van der Waals surface area contributed by atoms with Gasteiger partial charge in [-0.15, -0.1) is 0 Å². The van der Waals surface area contributed by atoms with E-state index in [-0.39, 0.29) is 29.4 Å². The lowest BCUT2D eigenvalue weighted by atomic mass is 9.93. The first kappa shape index (κ1) is 18.2. The van der Waals surface area contributed by atoms with Crippen LogP contribution in [-0.2, 0) is 11.6 Å². The maximum absolute atomic E-state index is 13.2. The molecule has 0 aliphatic heterocycles. The molecule has 0 unspecified atom stereocenters. The van der Waals surface area contributed by atoms with Gasteiger partial charge in [0.05, 0.1) is 0 Å². The minimum atomic E-state index is -4.56. The van der Waals surface area contributed by atoms with Gasteiger partial charge in [-0.25, -0.2) is 4.98 Å². The summed E-state index contributed by atoms with van der Waals surface area (Å²) in [7, 11) is 0. The molecule has 1 aliphatic carbocycles. The van der Waals surface area contributed by atoms with Crippen molar-refractivity contribution >= 4 is 27.4 Å². The van der Waals surface area contributed by atoms with E-state index in [1.807, 2.05) is 30.3 Å². The lowest BCUT2D eigenvalue weighted by Crippen LogP contribution is -2.24. The number of aliphatic hydroxyl groups excluding tert-OH is 1. The number of halogens is 4. The topological polar surface area (TPSA) is 62.5 Å². The highest BCUT2D eigenvalue weighted by molar-refractivity contribution is 9.10. The molecule has 1 fully saturated rings. The zero-order valence-corrected chi connectivity index (χ0v) is 15.6. The second kappa shape index (κ2) is 6.49. The van der Waals surface area contributed by atoms with E-state index >= 15 is 0 Å². The molecule has 2 heterocycles. The molecule has 2 N–H and O–H groups in total. The summed E-state index contributed by atoms with van der Waals surface area (Å²) in [6, 6.07) is 12.1. The molecule has 2 atom stereocenters. The van der Waals surface area contributed by atoms with Gasteiger partial charge in [-0.3, -0.25) is 0 Å². The molecule has 142 valence electrons. The molecule has 3 aromatic rings. The number of alkyl halides is 3. The molecule has 9 heteroatoms. The molecule has 2 aromatic heterocycles. The van der Waals surface area contributed by atoms with Crippen LogP contribution in [0.25, 0.3) is 5.65 Å². The monoisotopic (exact) mass is 440 g/mol. The molecular weight excluding hydrogens is 425 g/mol. The highest BCUT2D eigenvalue weighted by Gasteiger charge is 2.54. The molecular formula is C18H16BrF3N4O. The van der Waals surface area contributed by atoms with Gasteiger partial charge in [-0.05, 0) is 33.8 Å². The number of fused-ring (bicyclic) bond motifs is 1. The summed E-state index contributed by atoms with van der Waals surface area (Å²) in [5.74, 6) is 0.271. The molecule has 1 aromatic carbocycles. The van der Waals surface area contributed by atoms with E-state index in [0.29, 0.717) is 11.1 Å². The van der Waals surface area contributed by atoms with Crippen molar-refractivity contribution in [3.63, 3.8) is 0 Å². The highest BCUT2D eigenvalue weighted by atomic mass is 79.9. The first-order valence-electron chi connectivity index (χ1n) is 8.37. The van der Waals surface area contributed by atoms with Crippen LogP contribution in [0.5, 0.6) is 0 Å². The third-order valence-corrected chi connectivity index (χ3v) is 5.46. The quantitative estimate of drug-likeness (QED) is 0.631. The summed E-state index contributed by atoms with van der Waals surface area (Å²) >= 11 is 3.18. The second-order valence-electron chi connectivity index (χ2n) is 6.72. The lowest BCUT2D eigenvalue weighted by Gasteiger charge is -2.20. The Hall–Kier alpha value is -2.13. The first-order chi connectivity index (χ1) is 12.8. The van der Waals surface area contributed by atoms with Gasteiger partial charge in [0.1, 0.15) is 10.4 Å². The van der Waals surface area contributed by atoms with Crippen LogP contribution in [0.3, 0.4) is 0 Å². The summed E-state index contributed by atoms with van der Waals surface area (Å²) in [4.78, 5) is 3.64. The largest absolute Gasteiger partial charge is 0.433 e. The Bertz CT molecular complexity index is 976. The highest BCUT2D eigenvalue weighted by Crippen LogP contribution is 2.54. The van der Waals surface area contributed by atoms with Gasteiger partial charge in [0, 0.05) is 30.7 Å². The van der Waals surface area contributed by atoms with Crippen molar-refractivity contribution in [2.75, 3.05) is 18.5 Å². The van der Waals surface area contributed by atoms with Crippen molar-refractivity contribution < 1.29 is 18.3 Å². The zero-order chi connectivity index (χ0) is 19.2.